The van der Waals surface area contributed by atoms with Crippen LogP contribution in [0.3, 0.4) is 0 Å². The highest BCUT2D eigenvalue weighted by Crippen LogP contribution is 2.24. The highest BCUT2D eigenvalue weighted by atomic mass is 32.2. The van der Waals surface area contributed by atoms with E-state index in [-0.39, 0.29) is 5.91 Å². The number of amides is 1. The number of aromatic nitrogens is 1. The molecule has 0 bridgehead atoms. The summed E-state index contributed by atoms with van der Waals surface area (Å²) in [6, 6.07) is 9.62. The molecule has 1 saturated heterocycles. The molecule has 0 spiro atoms. The first-order chi connectivity index (χ1) is 9.66. The maximum Gasteiger partial charge on any atom is 0.272 e. The molecule has 4 nitrogen and oxygen atoms in total. The van der Waals surface area contributed by atoms with E-state index in [4.69, 9.17) is 5.73 Å². The van der Waals surface area contributed by atoms with Crippen LogP contribution in [0, 0.1) is 0 Å². The Kier molecular flexibility index (Phi) is 3.53. The van der Waals surface area contributed by atoms with Crippen LogP contribution in [0.15, 0.2) is 30.3 Å². The van der Waals surface area contributed by atoms with Crippen LogP contribution in [-0.2, 0) is 0 Å². The molecule has 2 heterocycles. The monoisotopic (exact) mass is 287 g/mol. The molecule has 1 aliphatic heterocycles. The third kappa shape index (κ3) is 2.33. The van der Waals surface area contributed by atoms with Gasteiger partial charge in [-0.3, -0.25) is 4.79 Å². The van der Waals surface area contributed by atoms with Gasteiger partial charge in [-0.05, 0) is 24.3 Å². The summed E-state index contributed by atoms with van der Waals surface area (Å²) < 4.78 is 0. The Morgan fingerprint density at radius 3 is 3.00 bits per heavy atom. The van der Waals surface area contributed by atoms with Gasteiger partial charge in [-0.2, -0.15) is 11.8 Å². The van der Waals surface area contributed by atoms with Crippen molar-refractivity contribution < 1.29 is 4.79 Å². The van der Waals surface area contributed by atoms with E-state index in [1.165, 1.54) is 0 Å². The molecule has 2 aromatic rings. The average Bonchev–Trinajstić information content (AvgIpc) is 3.00. The number of carbonyl (C=O) groups excluding carboxylic acids is 1. The lowest BCUT2D eigenvalue weighted by Gasteiger charge is -2.23. The van der Waals surface area contributed by atoms with Gasteiger partial charge < -0.3 is 10.6 Å². The van der Waals surface area contributed by atoms with Crippen LogP contribution in [-0.4, -0.2) is 40.4 Å². The van der Waals surface area contributed by atoms with E-state index in [2.05, 4.69) is 4.98 Å². The first-order valence-corrected chi connectivity index (χ1v) is 7.82. The number of benzene rings is 1. The fourth-order valence-electron chi connectivity index (χ4n) is 2.49. The minimum Gasteiger partial charge on any atom is -0.398 e. The molecular formula is C15H17N3OS. The number of nitrogens with two attached hydrogens (primary N) is 1. The summed E-state index contributed by atoms with van der Waals surface area (Å²) in [5.41, 5.74) is 7.84. The van der Waals surface area contributed by atoms with Crippen LogP contribution in [0.25, 0.3) is 10.9 Å². The average molecular weight is 287 g/mol. The summed E-state index contributed by atoms with van der Waals surface area (Å²) in [6.07, 6.45) is 1.05. The van der Waals surface area contributed by atoms with Crippen LogP contribution >= 0.6 is 11.8 Å². The molecule has 1 aromatic carbocycles. The molecule has 1 aromatic heterocycles. The van der Waals surface area contributed by atoms with Crippen molar-refractivity contribution in [3.8, 4) is 0 Å². The van der Waals surface area contributed by atoms with E-state index in [0.29, 0.717) is 17.4 Å². The van der Waals surface area contributed by atoms with Gasteiger partial charge in [0.2, 0.25) is 0 Å². The lowest BCUT2D eigenvalue weighted by atomic mass is 10.1. The highest BCUT2D eigenvalue weighted by molar-refractivity contribution is 7.99. The molecule has 104 valence electrons. The Bertz CT molecular complexity index is 653. The molecule has 1 fully saturated rings. The normalized spacial score (nSPS) is 18.4. The fourth-order valence-corrected chi connectivity index (χ4v) is 3.75. The van der Waals surface area contributed by atoms with E-state index in [1.807, 2.05) is 43.1 Å². The van der Waals surface area contributed by atoms with Gasteiger partial charge in [0, 0.05) is 29.9 Å². The number of anilines is 1. The molecule has 3 rings (SSSR count). The minimum atomic E-state index is -0.0463. The lowest BCUT2D eigenvalue weighted by molar-refractivity contribution is 0.0742. The van der Waals surface area contributed by atoms with Gasteiger partial charge in [0.05, 0.1) is 5.52 Å². The number of pyridine rings is 1. The zero-order valence-electron chi connectivity index (χ0n) is 11.4. The van der Waals surface area contributed by atoms with Crippen molar-refractivity contribution in [3.05, 3.63) is 36.0 Å². The van der Waals surface area contributed by atoms with Crippen LogP contribution in [0.4, 0.5) is 5.69 Å². The van der Waals surface area contributed by atoms with E-state index in [9.17, 15) is 4.79 Å². The number of fused-ring (bicyclic) bond motifs is 1. The summed E-state index contributed by atoms with van der Waals surface area (Å²) in [7, 11) is 1.85. The summed E-state index contributed by atoms with van der Waals surface area (Å²) in [6.45, 7) is 0. The molecule has 1 amide bonds. The number of para-hydroxylation sites is 1. The Morgan fingerprint density at radius 2 is 2.25 bits per heavy atom. The molecule has 0 saturated carbocycles. The number of thioether (sulfide) groups is 1. The molecule has 1 atom stereocenters. The number of nitrogens with zero attached hydrogens (tertiary/aromatic N) is 2. The third-order valence-corrected chi connectivity index (χ3v) is 4.89. The standard InChI is InChI=1S/C15H17N3OS/c1-18(10-6-7-20-9-10)15(19)14-8-12(16)11-4-2-3-5-13(11)17-14/h2-5,8,10H,6-7,9H2,1H3,(H2,16,17). The molecule has 2 N–H and O–H groups in total. The number of hydrogen-bond donors (Lipinski definition) is 1. The summed E-state index contributed by atoms with van der Waals surface area (Å²) in [5, 5.41) is 0.892. The van der Waals surface area contributed by atoms with Crippen molar-refractivity contribution in [2.45, 2.75) is 12.5 Å². The SMILES string of the molecule is CN(C(=O)c1cc(N)c2ccccc2n1)C1CCSC1. The van der Waals surface area contributed by atoms with Crippen molar-refractivity contribution in [1.29, 1.82) is 0 Å². The van der Waals surface area contributed by atoms with Crippen LogP contribution in [0.2, 0.25) is 0 Å². The maximum absolute atomic E-state index is 12.5. The van der Waals surface area contributed by atoms with Gasteiger partial charge in [-0.1, -0.05) is 18.2 Å². The summed E-state index contributed by atoms with van der Waals surface area (Å²) in [5.74, 6) is 2.08. The lowest BCUT2D eigenvalue weighted by Crippen LogP contribution is -2.37. The van der Waals surface area contributed by atoms with Gasteiger partial charge in [0.15, 0.2) is 0 Å². The second-order valence-corrected chi connectivity index (χ2v) is 6.20. The zero-order valence-corrected chi connectivity index (χ0v) is 12.2. The Hall–Kier alpha value is -1.75. The zero-order chi connectivity index (χ0) is 14.1. The second kappa shape index (κ2) is 5.32. The Morgan fingerprint density at radius 1 is 1.45 bits per heavy atom. The van der Waals surface area contributed by atoms with E-state index in [0.717, 1.165) is 28.8 Å². The Balaban J connectivity index is 1.95. The quantitative estimate of drug-likeness (QED) is 0.921. The maximum atomic E-state index is 12.5. The van der Waals surface area contributed by atoms with Gasteiger partial charge in [-0.25, -0.2) is 4.98 Å². The van der Waals surface area contributed by atoms with E-state index < -0.39 is 0 Å². The van der Waals surface area contributed by atoms with Crippen LogP contribution in [0.1, 0.15) is 16.9 Å². The summed E-state index contributed by atoms with van der Waals surface area (Å²) in [4.78, 5) is 18.8. The molecule has 5 heteroatoms. The van der Waals surface area contributed by atoms with Crippen molar-refractivity contribution in [2.24, 2.45) is 0 Å². The Labute approximate surface area is 122 Å². The minimum absolute atomic E-state index is 0.0463. The first-order valence-electron chi connectivity index (χ1n) is 6.67. The van der Waals surface area contributed by atoms with Crippen molar-refractivity contribution in [1.82, 2.24) is 9.88 Å². The molecule has 0 radical (unpaired) electrons. The number of nitrogen functional groups attached to an aromatic ring is 1. The fraction of sp³-hybridized carbons (Fsp3) is 0.333. The molecule has 1 unspecified atom stereocenters. The van der Waals surface area contributed by atoms with Crippen molar-refractivity contribution in [2.75, 3.05) is 24.3 Å². The van der Waals surface area contributed by atoms with E-state index >= 15 is 0 Å². The summed E-state index contributed by atoms with van der Waals surface area (Å²) >= 11 is 1.89. The van der Waals surface area contributed by atoms with E-state index in [1.54, 1.807) is 11.0 Å². The second-order valence-electron chi connectivity index (χ2n) is 5.05. The van der Waals surface area contributed by atoms with Gasteiger partial charge in [-0.15, -0.1) is 0 Å². The van der Waals surface area contributed by atoms with Gasteiger partial charge in [0.1, 0.15) is 5.69 Å². The van der Waals surface area contributed by atoms with Crippen molar-refractivity contribution >= 4 is 34.3 Å². The smallest absolute Gasteiger partial charge is 0.272 e. The molecule has 0 aliphatic carbocycles. The number of rotatable bonds is 2. The molecule has 20 heavy (non-hydrogen) atoms. The molecular weight excluding hydrogens is 270 g/mol. The first kappa shape index (κ1) is 13.2. The third-order valence-electron chi connectivity index (χ3n) is 3.74. The molecule has 1 aliphatic rings. The largest absolute Gasteiger partial charge is 0.398 e. The van der Waals surface area contributed by atoms with Crippen LogP contribution < -0.4 is 5.73 Å². The van der Waals surface area contributed by atoms with Gasteiger partial charge in [0.25, 0.3) is 5.91 Å². The predicted octanol–water partition coefficient (Wildman–Crippen LogP) is 2.39. The number of hydrogen-bond acceptors (Lipinski definition) is 4. The van der Waals surface area contributed by atoms with Crippen LogP contribution in [0.5, 0.6) is 0 Å². The van der Waals surface area contributed by atoms with Gasteiger partial charge >= 0.3 is 0 Å². The predicted molar refractivity (Wildman–Crippen MR) is 84.0 cm³/mol. The number of carbonyl (C=O) groups is 1. The topological polar surface area (TPSA) is 59.2 Å². The van der Waals surface area contributed by atoms with Crippen molar-refractivity contribution in [3.63, 3.8) is 0 Å². The highest BCUT2D eigenvalue weighted by Gasteiger charge is 2.25.